The average molecular weight is 537 g/mol. The lowest BCUT2D eigenvalue weighted by Crippen LogP contribution is -2.57. The predicted octanol–water partition coefficient (Wildman–Crippen LogP) is 8.70. The van der Waals surface area contributed by atoms with Crippen LogP contribution in [0.15, 0.2) is 18.2 Å². The Kier molecular flexibility index (Phi) is 5.78. The van der Waals surface area contributed by atoms with Crippen LogP contribution >= 0.6 is 7.92 Å². The summed E-state index contributed by atoms with van der Waals surface area (Å²) in [6.07, 6.45) is 20.9. The van der Waals surface area contributed by atoms with Crippen LogP contribution in [0, 0.1) is 35.5 Å². The number of hydrogen-bond acceptors (Lipinski definition) is 0. The minimum Gasteiger partial charge on any atom is -0.0894 e. The summed E-state index contributed by atoms with van der Waals surface area (Å²) in [7, 11) is -2.64. The van der Waals surface area contributed by atoms with Gasteiger partial charge in [0.25, 0.3) is 0 Å². The molecule has 0 spiro atoms. The van der Waals surface area contributed by atoms with Gasteiger partial charge in [0.15, 0.2) is 0 Å². The minimum absolute atomic E-state index is 0.0556. The molecule has 1 aromatic rings. The van der Waals surface area contributed by atoms with E-state index in [9.17, 15) is 0 Å². The highest BCUT2D eigenvalue weighted by Gasteiger charge is 2.62. The third-order valence-corrected chi connectivity index (χ3v) is 20.6. The van der Waals surface area contributed by atoms with Crippen LogP contribution in [0.1, 0.15) is 82.6 Å². The van der Waals surface area contributed by atoms with E-state index in [0.717, 1.165) is 45.8 Å². The summed E-state index contributed by atoms with van der Waals surface area (Å²) in [4.78, 5) is 0. The van der Waals surface area contributed by atoms with Crippen molar-refractivity contribution in [3.05, 3.63) is 23.8 Å². The number of hydrogen-bond donors (Lipinski definition) is 0. The summed E-state index contributed by atoms with van der Waals surface area (Å²) in [6.45, 7) is 15.5. The second-order valence-corrected chi connectivity index (χ2v) is 30.4. The van der Waals surface area contributed by atoms with Gasteiger partial charge in [-0.15, -0.1) is 0 Å². The second-order valence-electron chi connectivity index (χ2n) is 17.2. The smallest absolute Gasteiger partial charge is 0.0774 e. The van der Waals surface area contributed by atoms with Crippen molar-refractivity contribution in [3.63, 3.8) is 0 Å². The van der Waals surface area contributed by atoms with Gasteiger partial charge in [-0.25, -0.2) is 0 Å². The summed E-state index contributed by atoms with van der Waals surface area (Å²) in [5, 5.41) is 5.11. The van der Waals surface area contributed by atoms with E-state index in [1.54, 1.807) is 87.8 Å². The van der Waals surface area contributed by atoms with Crippen LogP contribution in [0.25, 0.3) is 0 Å². The molecular weight excluding hydrogens is 484 g/mol. The Hall–Kier alpha value is 0.0838. The van der Waals surface area contributed by atoms with Gasteiger partial charge < -0.3 is 0 Å². The van der Waals surface area contributed by atoms with Crippen molar-refractivity contribution in [1.29, 1.82) is 0 Å². The molecule has 0 heterocycles. The molecular formula is C33H53PSi2. The molecule has 0 unspecified atom stereocenters. The van der Waals surface area contributed by atoms with Gasteiger partial charge in [-0.2, -0.15) is 0 Å². The molecule has 0 amide bonds. The largest absolute Gasteiger partial charge is 0.0894 e. The zero-order valence-corrected chi connectivity index (χ0v) is 27.2. The first kappa shape index (κ1) is 25.1. The molecule has 0 nitrogen and oxygen atoms in total. The maximum atomic E-state index is 2.82. The molecule has 36 heavy (non-hydrogen) atoms. The molecule has 1 aromatic carbocycles. The minimum atomic E-state index is -1.37. The molecule has 3 heteroatoms. The summed E-state index contributed by atoms with van der Waals surface area (Å²) >= 11 is 0. The van der Waals surface area contributed by atoms with E-state index in [4.69, 9.17) is 0 Å². The van der Waals surface area contributed by atoms with Crippen LogP contribution in [-0.2, 0) is 6.16 Å². The summed E-state index contributed by atoms with van der Waals surface area (Å²) < 4.78 is 0. The van der Waals surface area contributed by atoms with Gasteiger partial charge >= 0.3 is 0 Å². The Balaban J connectivity index is 1.31. The molecule has 9 rings (SSSR count). The van der Waals surface area contributed by atoms with Crippen molar-refractivity contribution in [2.45, 2.75) is 133 Å². The number of benzene rings is 1. The van der Waals surface area contributed by atoms with Gasteiger partial charge in [-0.05, 0) is 135 Å². The molecule has 8 bridgehead atoms. The van der Waals surface area contributed by atoms with E-state index in [1.807, 2.05) is 5.19 Å². The molecule has 8 aliphatic rings. The highest BCUT2D eigenvalue weighted by atomic mass is 31.1. The van der Waals surface area contributed by atoms with Crippen molar-refractivity contribution >= 4 is 34.4 Å². The van der Waals surface area contributed by atoms with Crippen LogP contribution in [0.3, 0.4) is 0 Å². The topological polar surface area (TPSA) is 0 Å². The first-order valence-electron chi connectivity index (χ1n) is 15.8. The van der Waals surface area contributed by atoms with Gasteiger partial charge in [-0.1, -0.05) is 75.8 Å². The predicted molar refractivity (Wildman–Crippen MR) is 165 cm³/mol. The first-order valence-corrected chi connectivity index (χ1v) is 24.4. The lowest BCUT2D eigenvalue weighted by Gasteiger charge is -2.67. The molecule has 198 valence electrons. The maximum absolute atomic E-state index is 2.82. The molecule has 0 N–H and O–H groups in total. The van der Waals surface area contributed by atoms with E-state index >= 15 is 0 Å². The Bertz CT molecular complexity index is 913. The van der Waals surface area contributed by atoms with Crippen LogP contribution < -0.4 is 10.4 Å². The van der Waals surface area contributed by atoms with Crippen molar-refractivity contribution < 1.29 is 0 Å². The summed E-state index contributed by atoms with van der Waals surface area (Å²) in [5.41, 5.74) is 1.77. The van der Waals surface area contributed by atoms with Crippen molar-refractivity contribution in [2.75, 3.05) is 0 Å². The SMILES string of the molecule is C[Si](C)(C)c1ccc(CP(C23CC4CC(CC(C4)C2)C3)C23CC4CC(CC(C4)C2)C3)cc1[Si](C)(C)C. The molecule has 0 saturated heterocycles. The van der Waals surface area contributed by atoms with E-state index in [2.05, 4.69) is 57.5 Å². The molecule has 0 atom stereocenters. The number of rotatable bonds is 6. The van der Waals surface area contributed by atoms with Crippen LogP contribution in [-0.4, -0.2) is 26.5 Å². The monoisotopic (exact) mass is 536 g/mol. The van der Waals surface area contributed by atoms with Gasteiger partial charge in [0.05, 0.1) is 16.1 Å². The Morgan fingerprint density at radius 3 is 1.28 bits per heavy atom. The molecule has 0 aliphatic heterocycles. The average Bonchev–Trinajstić information content (AvgIpc) is 2.74. The Morgan fingerprint density at radius 1 is 0.583 bits per heavy atom. The molecule has 0 radical (unpaired) electrons. The van der Waals surface area contributed by atoms with E-state index in [1.165, 1.54) is 6.16 Å². The summed E-state index contributed by atoms with van der Waals surface area (Å²) in [5.74, 6) is 6.59. The highest BCUT2D eigenvalue weighted by molar-refractivity contribution is 7.60. The quantitative estimate of drug-likeness (QED) is 0.252. The second kappa shape index (κ2) is 8.30. The van der Waals surface area contributed by atoms with Gasteiger partial charge in [0.1, 0.15) is 0 Å². The van der Waals surface area contributed by atoms with Gasteiger partial charge in [-0.3, -0.25) is 0 Å². The van der Waals surface area contributed by atoms with Crippen molar-refractivity contribution in [1.82, 2.24) is 0 Å². The van der Waals surface area contributed by atoms with E-state index in [0.29, 0.717) is 0 Å². The first-order chi connectivity index (χ1) is 16.9. The zero-order valence-electron chi connectivity index (χ0n) is 24.3. The third kappa shape index (κ3) is 4.13. The molecule has 8 fully saturated rings. The third-order valence-electron chi connectivity index (χ3n) is 12.2. The van der Waals surface area contributed by atoms with Crippen LogP contribution in [0.4, 0.5) is 0 Å². The van der Waals surface area contributed by atoms with E-state index < -0.39 is 16.1 Å². The highest BCUT2D eigenvalue weighted by Crippen LogP contribution is 2.79. The fourth-order valence-electron chi connectivity index (χ4n) is 11.8. The molecule has 0 aromatic heterocycles. The fourth-order valence-corrected chi connectivity index (χ4v) is 22.1. The molecule has 8 aliphatic carbocycles. The zero-order chi connectivity index (χ0) is 25.1. The standard InChI is InChI=1S/C33H53PSi2/c1-35(2,3)30-8-7-23(15-31(30)36(4,5)6)22-34(32-16-24-9-25(17-32)11-26(10-24)18-32)33-19-27-12-28(20-33)14-29(13-27)21-33/h7-8,15,24-29H,9-14,16-22H2,1-6H3. The lowest BCUT2D eigenvalue weighted by atomic mass is 9.55. The lowest BCUT2D eigenvalue weighted by molar-refractivity contribution is 0.0184. The molecule has 8 saturated carbocycles. The van der Waals surface area contributed by atoms with E-state index in [-0.39, 0.29) is 7.92 Å². The normalized spacial score (nSPS) is 43.8. The maximum Gasteiger partial charge on any atom is 0.0774 e. The van der Waals surface area contributed by atoms with Gasteiger partial charge in [0.2, 0.25) is 0 Å². The summed E-state index contributed by atoms with van der Waals surface area (Å²) in [6, 6.07) is 8.13. The Morgan fingerprint density at radius 2 is 0.944 bits per heavy atom. The van der Waals surface area contributed by atoms with Crippen LogP contribution in [0.2, 0.25) is 39.3 Å². The van der Waals surface area contributed by atoms with Gasteiger partial charge in [0, 0.05) is 0 Å². The van der Waals surface area contributed by atoms with Crippen molar-refractivity contribution in [3.8, 4) is 0 Å². The van der Waals surface area contributed by atoms with Crippen molar-refractivity contribution in [2.24, 2.45) is 35.5 Å². The fraction of sp³-hybridized carbons (Fsp3) is 0.818. The Labute approximate surface area is 226 Å². The van der Waals surface area contributed by atoms with Crippen LogP contribution in [0.5, 0.6) is 0 Å².